The molecule has 0 fully saturated rings. The van der Waals surface area contributed by atoms with Crippen molar-refractivity contribution in [3.05, 3.63) is 54.4 Å². The Balaban J connectivity index is 1.97. The zero-order valence-corrected chi connectivity index (χ0v) is 27.9. The monoisotopic (exact) mass is 667 g/mol. The van der Waals surface area contributed by atoms with E-state index < -0.39 is 48.1 Å². The Bertz CT molecular complexity index is 1340. The van der Waals surface area contributed by atoms with E-state index in [1.807, 2.05) is 0 Å². The van der Waals surface area contributed by atoms with E-state index in [1.165, 1.54) is 32.4 Å². The number of hydrogen-bond acceptors (Lipinski definition) is 8. The smallest absolute Gasteiger partial charge is 0.326 e. The Morgan fingerprint density at radius 2 is 1.42 bits per heavy atom. The van der Waals surface area contributed by atoms with Crippen LogP contribution >= 0.6 is 0 Å². The number of carbonyl (C=O) groups is 5. The van der Waals surface area contributed by atoms with Gasteiger partial charge in [-0.1, -0.05) is 81.9 Å². The molecule has 0 radical (unpaired) electrons. The van der Waals surface area contributed by atoms with E-state index >= 15 is 0 Å². The molecule has 262 valence electrons. The van der Waals surface area contributed by atoms with Crippen LogP contribution in [0.1, 0.15) is 96.0 Å². The lowest BCUT2D eigenvalue weighted by Gasteiger charge is -2.22. The SMILES string of the molecule is CCCCCCCC(=O)CCCCCC/C=C/[C@H](C(=O)N[C@@H](Cc1ccc(-c2cnc(OC)nc2)cc1)C(=O)O)[C@@H](CC(=O)O)C(=O)O. The van der Waals surface area contributed by atoms with Crippen LogP contribution in [0.3, 0.4) is 0 Å². The number of rotatable bonds is 25. The first kappa shape index (κ1) is 39.6. The lowest BCUT2D eigenvalue weighted by molar-refractivity contribution is -0.152. The van der Waals surface area contributed by atoms with Crippen LogP contribution < -0.4 is 10.1 Å². The van der Waals surface area contributed by atoms with Crippen molar-refractivity contribution in [1.29, 1.82) is 0 Å². The van der Waals surface area contributed by atoms with E-state index in [4.69, 9.17) is 4.74 Å². The highest BCUT2D eigenvalue weighted by molar-refractivity contribution is 5.91. The number of Topliss-reactive ketones (excluding diaryl/α,β-unsaturated/α-hetero) is 1. The lowest BCUT2D eigenvalue weighted by Crippen LogP contribution is -2.47. The minimum atomic E-state index is -1.59. The van der Waals surface area contributed by atoms with Crippen LogP contribution in [-0.2, 0) is 30.4 Å². The number of ketones is 1. The van der Waals surface area contributed by atoms with E-state index in [2.05, 4.69) is 22.2 Å². The Morgan fingerprint density at radius 3 is 1.96 bits per heavy atom. The number of methoxy groups -OCH3 is 1. The zero-order chi connectivity index (χ0) is 35.3. The summed E-state index contributed by atoms with van der Waals surface area (Å²) < 4.78 is 4.97. The number of unbranched alkanes of at least 4 members (excludes halogenated alkanes) is 8. The van der Waals surface area contributed by atoms with E-state index in [0.717, 1.165) is 49.7 Å². The fourth-order valence-corrected chi connectivity index (χ4v) is 5.30. The fourth-order valence-electron chi connectivity index (χ4n) is 5.30. The molecule has 3 atom stereocenters. The maximum Gasteiger partial charge on any atom is 0.326 e. The second-order valence-corrected chi connectivity index (χ2v) is 11.9. The third-order valence-corrected chi connectivity index (χ3v) is 8.08. The molecule has 12 heteroatoms. The molecule has 2 aromatic rings. The molecule has 1 amide bonds. The molecule has 0 spiro atoms. The molecule has 0 aliphatic carbocycles. The second kappa shape index (κ2) is 22.0. The summed E-state index contributed by atoms with van der Waals surface area (Å²) in [6.45, 7) is 2.16. The maximum absolute atomic E-state index is 13.3. The number of carboxylic acids is 3. The number of allylic oxidation sites excluding steroid dienone is 1. The zero-order valence-electron chi connectivity index (χ0n) is 27.9. The third kappa shape index (κ3) is 14.9. The summed E-state index contributed by atoms with van der Waals surface area (Å²) in [6.07, 6.45) is 15.8. The first-order chi connectivity index (χ1) is 23.0. The summed E-state index contributed by atoms with van der Waals surface area (Å²) in [5.41, 5.74) is 2.10. The standard InChI is InChI=1S/C36H49N3O9/c1-3-4-5-8-11-14-28(40)15-12-9-6-7-10-13-16-29(30(34(44)45)22-32(41)42)33(43)39-31(35(46)47)21-25-17-19-26(20-18-25)27-23-37-36(48-2)38-24-27/h13,16-20,23-24,29-31H,3-12,14-15,21-22H2,1-2H3,(H,39,43)(H,41,42)(H,44,45)(H,46,47)/b16-13+/t29-,30+,31-/m0/s1. The molecule has 1 heterocycles. The van der Waals surface area contributed by atoms with Crippen LogP contribution in [0, 0.1) is 11.8 Å². The van der Waals surface area contributed by atoms with Crippen molar-refractivity contribution in [3.63, 3.8) is 0 Å². The number of hydrogen-bond donors (Lipinski definition) is 4. The Labute approximate surface area is 282 Å². The first-order valence-electron chi connectivity index (χ1n) is 16.7. The highest BCUT2D eigenvalue weighted by atomic mass is 16.5. The van der Waals surface area contributed by atoms with Gasteiger partial charge in [0.25, 0.3) is 0 Å². The molecule has 0 bridgehead atoms. The molecule has 12 nitrogen and oxygen atoms in total. The van der Waals surface area contributed by atoms with Crippen molar-refractivity contribution in [2.45, 2.75) is 103 Å². The highest BCUT2D eigenvalue weighted by Crippen LogP contribution is 2.22. The van der Waals surface area contributed by atoms with Crippen molar-refractivity contribution in [2.75, 3.05) is 7.11 Å². The van der Waals surface area contributed by atoms with Gasteiger partial charge in [-0.2, -0.15) is 0 Å². The molecule has 1 aromatic heterocycles. The van der Waals surface area contributed by atoms with Crippen molar-refractivity contribution < 1.29 is 44.0 Å². The Morgan fingerprint density at radius 1 is 0.812 bits per heavy atom. The van der Waals surface area contributed by atoms with Gasteiger partial charge in [-0.15, -0.1) is 0 Å². The summed E-state index contributed by atoms with van der Waals surface area (Å²) in [6, 6.07) is 5.76. The predicted octanol–water partition coefficient (Wildman–Crippen LogP) is 5.88. The first-order valence-corrected chi connectivity index (χ1v) is 16.7. The van der Waals surface area contributed by atoms with Gasteiger partial charge in [0, 0.05) is 37.2 Å². The number of carbonyl (C=O) groups excluding carboxylic acids is 2. The highest BCUT2D eigenvalue weighted by Gasteiger charge is 2.35. The summed E-state index contributed by atoms with van der Waals surface area (Å²) in [5, 5.41) is 31.4. The molecule has 0 unspecified atom stereocenters. The number of amides is 1. The summed E-state index contributed by atoms with van der Waals surface area (Å²) >= 11 is 0. The van der Waals surface area contributed by atoms with Gasteiger partial charge in [-0.05, 0) is 36.8 Å². The molecule has 0 aliphatic heterocycles. The van der Waals surface area contributed by atoms with E-state index in [0.29, 0.717) is 30.6 Å². The number of nitrogens with one attached hydrogen (secondary N) is 1. The molecule has 4 N–H and O–H groups in total. The molecular weight excluding hydrogens is 618 g/mol. The van der Waals surface area contributed by atoms with Crippen molar-refractivity contribution in [1.82, 2.24) is 15.3 Å². The van der Waals surface area contributed by atoms with Gasteiger partial charge in [0.15, 0.2) is 0 Å². The van der Waals surface area contributed by atoms with Gasteiger partial charge < -0.3 is 25.4 Å². The van der Waals surface area contributed by atoms with E-state index in [9.17, 15) is 39.3 Å². The summed E-state index contributed by atoms with van der Waals surface area (Å²) in [7, 11) is 1.46. The number of ether oxygens (including phenoxy) is 1. The van der Waals surface area contributed by atoms with Crippen LogP contribution in [0.5, 0.6) is 6.01 Å². The average molecular weight is 668 g/mol. The number of carboxylic acid groups (broad SMARTS) is 3. The normalized spacial score (nSPS) is 13.0. The van der Waals surface area contributed by atoms with E-state index in [-0.39, 0.29) is 12.4 Å². The Kier molecular flexibility index (Phi) is 18.2. The second-order valence-electron chi connectivity index (χ2n) is 11.9. The van der Waals surface area contributed by atoms with Crippen molar-refractivity contribution in [3.8, 4) is 17.1 Å². The van der Waals surface area contributed by atoms with Crippen LogP contribution in [0.2, 0.25) is 0 Å². The van der Waals surface area contributed by atoms with Gasteiger partial charge in [0.2, 0.25) is 5.91 Å². The molecule has 48 heavy (non-hydrogen) atoms. The quantitative estimate of drug-likeness (QED) is 0.0729. The van der Waals surface area contributed by atoms with Gasteiger partial charge in [0.1, 0.15) is 11.8 Å². The van der Waals surface area contributed by atoms with Crippen LogP contribution in [0.25, 0.3) is 11.1 Å². The largest absolute Gasteiger partial charge is 0.481 e. The molecular formula is C36H49N3O9. The number of aromatic nitrogens is 2. The molecule has 1 aromatic carbocycles. The van der Waals surface area contributed by atoms with Gasteiger partial charge >= 0.3 is 23.9 Å². The predicted molar refractivity (Wildman–Crippen MR) is 179 cm³/mol. The van der Waals surface area contributed by atoms with Crippen LogP contribution in [-0.4, -0.2) is 68.0 Å². The fraction of sp³-hybridized carbons (Fsp3) is 0.528. The number of aliphatic carboxylic acids is 3. The summed E-state index contributed by atoms with van der Waals surface area (Å²) in [5.74, 6) is -7.76. The van der Waals surface area contributed by atoms with E-state index in [1.54, 1.807) is 42.7 Å². The molecule has 0 aliphatic rings. The lowest BCUT2D eigenvalue weighted by atomic mass is 9.87. The van der Waals surface area contributed by atoms with Gasteiger partial charge in [0.05, 0.1) is 25.4 Å². The Hall–Kier alpha value is -4.61. The maximum atomic E-state index is 13.3. The minimum absolute atomic E-state index is 0.0884. The number of nitrogens with zero attached hydrogens (tertiary/aromatic N) is 2. The third-order valence-electron chi connectivity index (χ3n) is 8.08. The molecule has 0 saturated heterocycles. The topological polar surface area (TPSA) is 193 Å². The van der Waals surface area contributed by atoms with Gasteiger partial charge in [-0.25, -0.2) is 14.8 Å². The molecule has 0 saturated carbocycles. The minimum Gasteiger partial charge on any atom is -0.481 e. The van der Waals surface area contributed by atoms with Crippen LogP contribution in [0.4, 0.5) is 0 Å². The average Bonchev–Trinajstić information content (AvgIpc) is 3.06. The van der Waals surface area contributed by atoms with Gasteiger partial charge in [-0.3, -0.25) is 19.2 Å². The van der Waals surface area contributed by atoms with Crippen molar-refractivity contribution in [2.24, 2.45) is 11.8 Å². The number of benzene rings is 1. The summed E-state index contributed by atoms with van der Waals surface area (Å²) in [4.78, 5) is 69.1. The van der Waals surface area contributed by atoms with Crippen molar-refractivity contribution >= 4 is 29.6 Å². The van der Waals surface area contributed by atoms with Crippen LogP contribution in [0.15, 0.2) is 48.8 Å². The molecule has 2 rings (SSSR count).